The number of piperidine rings is 1. The van der Waals surface area contributed by atoms with E-state index in [4.69, 9.17) is 5.73 Å². The van der Waals surface area contributed by atoms with Crippen LogP contribution in [0.25, 0.3) is 0 Å². The average Bonchev–Trinajstić information content (AvgIpc) is 2.32. The van der Waals surface area contributed by atoms with Crippen LogP contribution in [0.2, 0.25) is 0 Å². The summed E-state index contributed by atoms with van der Waals surface area (Å²) in [5, 5.41) is 3.45. The van der Waals surface area contributed by atoms with Crippen LogP contribution in [0.4, 0.5) is 4.39 Å². The highest BCUT2D eigenvalue weighted by Gasteiger charge is 2.28. The third-order valence-corrected chi connectivity index (χ3v) is 3.82. The zero-order valence-corrected chi connectivity index (χ0v) is 10.5. The summed E-state index contributed by atoms with van der Waals surface area (Å²) < 4.78 is 13.3. The number of nitrogens with two attached hydrogens (primary N) is 1. The molecule has 0 spiro atoms. The summed E-state index contributed by atoms with van der Waals surface area (Å²) in [7, 11) is 0. The van der Waals surface area contributed by atoms with Crippen molar-refractivity contribution in [3.63, 3.8) is 0 Å². The first kappa shape index (κ1) is 12.5. The highest BCUT2D eigenvalue weighted by atomic mass is 19.1. The van der Waals surface area contributed by atoms with Gasteiger partial charge in [-0.15, -0.1) is 0 Å². The highest BCUT2D eigenvalue weighted by Crippen LogP contribution is 2.32. The molecule has 0 aliphatic carbocycles. The van der Waals surface area contributed by atoms with E-state index in [-0.39, 0.29) is 5.82 Å². The van der Waals surface area contributed by atoms with Crippen molar-refractivity contribution in [1.82, 2.24) is 5.32 Å². The minimum Gasteiger partial charge on any atom is -0.330 e. The molecular formula is C14H21FN2. The molecule has 1 aliphatic rings. The van der Waals surface area contributed by atoms with Crippen LogP contribution in [-0.2, 0) is 0 Å². The minimum atomic E-state index is -0.125. The maximum absolute atomic E-state index is 13.3. The fraction of sp³-hybridized carbons (Fsp3) is 0.571. The lowest BCUT2D eigenvalue weighted by atomic mass is 9.78. The number of nitrogens with one attached hydrogen (secondary N) is 1. The summed E-state index contributed by atoms with van der Waals surface area (Å²) in [5.74, 6) is 0.784. The molecule has 0 radical (unpaired) electrons. The Morgan fingerprint density at radius 1 is 1.47 bits per heavy atom. The number of benzene rings is 1. The van der Waals surface area contributed by atoms with Crippen molar-refractivity contribution in [2.75, 3.05) is 13.1 Å². The van der Waals surface area contributed by atoms with E-state index in [1.165, 1.54) is 5.56 Å². The maximum Gasteiger partial charge on any atom is 0.126 e. The van der Waals surface area contributed by atoms with Crippen LogP contribution in [0.3, 0.4) is 0 Å². The molecule has 1 heterocycles. The normalized spacial score (nSPS) is 29.3. The fourth-order valence-electron chi connectivity index (χ4n) is 2.71. The second-order valence-electron chi connectivity index (χ2n) is 5.16. The van der Waals surface area contributed by atoms with Gasteiger partial charge in [0.2, 0.25) is 0 Å². The van der Waals surface area contributed by atoms with Gasteiger partial charge in [0.05, 0.1) is 0 Å². The molecule has 0 bridgehead atoms. The van der Waals surface area contributed by atoms with Crippen molar-refractivity contribution in [3.8, 4) is 0 Å². The molecule has 2 nitrogen and oxygen atoms in total. The first-order valence-electron chi connectivity index (χ1n) is 6.31. The van der Waals surface area contributed by atoms with E-state index in [1.807, 2.05) is 19.1 Å². The summed E-state index contributed by atoms with van der Waals surface area (Å²) in [4.78, 5) is 0. The topological polar surface area (TPSA) is 38.0 Å². The Morgan fingerprint density at radius 3 is 2.88 bits per heavy atom. The second kappa shape index (κ2) is 5.15. The predicted octanol–water partition coefficient (Wildman–Crippen LogP) is 2.17. The molecule has 94 valence electrons. The van der Waals surface area contributed by atoms with Crippen molar-refractivity contribution in [3.05, 3.63) is 35.1 Å². The number of aryl methyl sites for hydroxylation is 1. The molecule has 1 aliphatic heterocycles. The van der Waals surface area contributed by atoms with Gasteiger partial charge in [0.25, 0.3) is 0 Å². The van der Waals surface area contributed by atoms with Crippen LogP contribution in [-0.4, -0.2) is 19.1 Å². The average molecular weight is 236 g/mol. The van der Waals surface area contributed by atoms with Crippen molar-refractivity contribution >= 4 is 0 Å². The van der Waals surface area contributed by atoms with E-state index in [1.54, 1.807) is 6.07 Å². The summed E-state index contributed by atoms with van der Waals surface area (Å²) >= 11 is 0. The van der Waals surface area contributed by atoms with Gasteiger partial charge in [-0.3, -0.25) is 0 Å². The lowest BCUT2D eigenvalue weighted by Crippen LogP contribution is -2.44. The van der Waals surface area contributed by atoms with Gasteiger partial charge < -0.3 is 11.1 Å². The monoisotopic (exact) mass is 236 g/mol. The molecule has 0 saturated carbocycles. The van der Waals surface area contributed by atoms with Crippen LogP contribution in [0.1, 0.15) is 30.4 Å². The molecule has 1 fully saturated rings. The molecule has 2 rings (SSSR count). The van der Waals surface area contributed by atoms with Crippen LogP contribution in [0.15, 0.2) is 18.2 Å². The molecule has 3 atom stereocenters. The Labute approximate surface area is 102 Å². The lowest BCUT2D eigenvalue weighted by molar-refractivity contribution is 0.285. The van der Waals surface area contributed by atoms with E-state index in [0.717, 1.165) is 18.5 Å². The summed E-state index contributed by atoms with van der Waals surface area (Å²) in [6, 6.07) is 5.97. The molecule has 3 N–H and O–H groups in total. The molecule has 3 heteroatoms. The van der Waals surface area contributed by atoms with Gasteiger partial charge in [0.1, 0.15) is 5.82 Å². The first-order valence-corrected chi connectivity index (χ1v) is 6.31. The summed E-state index contributed by atoms with van der Waals surface area (Å²) in [5.41, 5.74) is 7.79. The van der Waals surface area contributed by atoms with Crippen molar-refractivity contribution < 1.29 is 4.39 Å². The van der Waals surface area contributed by atoms with Crippen LogP contribution in [0, 0.1) is 18.7 Å². The molecule has 17 heavy (non-hydrogen) atoms. The SMILES string of the molecule is Cc1cc(C2CC(C)NCC2CN)ccc1F. The number of rotatable bonds is 2. The van der Waals surface area contributed by atoms with Gasteiger partial charge in [0.15, 0.2) is 0 Å². The Hall–Kier alpha value is -0.930. The molecule has 1 aromatic carbocycles. The standard InChI is InChI=1S/C14H21FN2/c1-9-5-11(3-4-14(9)15)13-6-10(2)17-8-12(13)7-16/h3-5,10,12-13,17H,6-8,16H2,1-2H3. The first-order chi connectivity index (χ1) is 8.11. The fourth-order valence-corrected chi connectivity index (χ4v) is 2.71. The second-order valence-corrected chi connectivity index (χ2v) is 5.16. The number of halogens is 1. The lowest BCUT2D eigenvalue weighted by Gasteiger charge is -2.35. The zero-order valence-electron chi connectivity index (χ0n) is 10.5. The molecule has 1 saturated heterocycles. The Bertz CT molecular complexity index is 392. The zero-order chi connectivity index (χ0) is 12.4. The third-order valence-electron chi connectivity index (χ3n) is 3.82. The van der Waals surface area contributed by atoms with Gasteiger partial charge in [-0.05, 0) is 62.4 Å². The van der Waals surface area contributed by atoms with Gasteiger partial charge in [0, 0.05) is 6.04 Å². The maximum atomic E-state index is 13.3. The molecular weight excluding hydrogens is 215 g/mol. The Kier molecular flexibility index (Phi) is 3.79. The number of hydrogen-bond acceptors (Lipinski definition) is 2. The Balaban J connectivity index is 2.25. The predicted molar refractivity (Wildman–Crippen MR) is 68.5 cm³/mol. The van der Waals surface area contributed by atoms with E-state index >= 15 is 0 Å². The minimum absolute atomic E-state index is 0.125. The number of hydrogen-bond donors (Lipinski definition) is 2. The smallest absolute Gasteiger partial charge is 0.126 e. The van der Waals surface area contributed by atoms with Crippen molar-refractivity contribution in [1.29, 1.82) is 0 Å². The van der Waals surface area contributed by atoms with Crippen LogP contribution in [0.5, 0.6) is 0 Å². The van der Waals surface area contributed by atoms with Crippen molar-refractivity contribution in [2.45, 2.75) is 32.2 Å². The van der Waals surface area contributed by atoms with Crippen LogP contribution < -0.4 is 11.1 Å². The van der Waals surface area contributed by atoms with Gasteiger partial charge in [-0.1, -0.05) is 12.1 Å². The Morgan fingerprint density at radius 2 is 2.24 bits per heavy atom. The van der Waals surface area contributed by atoms with Gasteiger partial charge >= 0.3 is 0 Å². The summed E-state index contributed by atoms with van der Waals surface area (Å²) in [6.45, 7) is 5.65. The van der Waals surface area contributed by atoms with E-state index in [2.05, 4.69) is 12.2 Å². The van der Waals surface area contributed by atoms with Crippen molar-refractivity contribution in [2.24, 2.45) is 11.7 Å². The third kappa shape index (κ3) is 2.67. The largest absolute Gasteiger partial charge is 0.330 e. The highest BCUT2D eigenvalue weighted by molar-refractivity contribution is 5.28. The molecule has 0 aromatic heterocycles. The summed E-state index contributed by atoms with van der Waals surface area (Å²) in [6.07, 6.45) is 1.08. The van der Waals surface area contributed by atoms with Crippen LogP contribution >= 0.6 is 0 Å². The molecule has 3 unspecified atom stereocenters. The van der Waals surface area contributed by atoms with E-state index in [0.29, 0.717) is 24.4 Å². The molecule has 1 aromatic rings. The van der Waals surface area contributed by atoms with E-state index in [9.17, 15) is 4.39 Å². The van der Waals surface area contributed by atoms with Gasteiger partial charge in [-0.2, -0.15) is 0 Å². The van der Waals surface area contributed by atoms with E-state index < -0.39 is 0 Å². The quantitative estimate of drug-likeness (QED) is 0.826. The molecule has 0 amide bonds. The van der Waals surface area contributed by atoms with Gasteiger partial charge in [-0.25, -0.2) is 4.39 Å².